The van der Waals surface area contributed by atoms with Crippen LogP contribution in [-0.2, 0) is 0 Å². The molecule has 4 heteroatoms. The van der Waals surface area contributed by atoms with Crippen molar-refractivity contribution in [2.75, 3.05) is 5.32 Å². The quantitative estimate of drug-likeness (QED) is 0.710. The fourth-order valence-electron chi connectivity index (χ4n) is 1.16. The highest BCUT2D eigenvalue weighted by Gasteiger charge is 2.18. The minimum Gasteiger partial charge on any atom is -0.348 e. The van der Waals surface area contributed by atoms with E-state index < -0.39 is 0 Å². The van der Waals surface area contributed by atoms with Crippen molar-refractivity contribution in [2.24, 2.45) is 0 Å². The van der Waals surface area contributed by atoms with Gasteiger partial charge in [-0.25, -0.2) is 0 Å². The fourth-order valence-corrected chi connectivity index (χ4v) is 3.21. The van der Waals surface area contributed by atoms with Gasteiger partial charge in [0.05, 0.1) is 4.90 Å². The Hall–Kier alpha value is -0.920. The molecule has 1 aromatic heterocycles. The first-order valence-corrected chi connectivity index (χ1v) is 5.56. The zero-order valence-corrected chi connectivity index (χ0v) is 8.97. The summed E-state index contributed by atoms with van der Waals surface area (Å²) in [6.45, 7) is 4.00. The van der Waals surface area contributed by atoms with E-state index in [1.54, 1.807) is 23.1 Å². The van der Waals surface area contributed by atoms with Crippen molar-refractivity contribution in [2.45, 2.75) is 18.7 Å². The Bertz CT molecular complexity index is 423. The van der Waals surface area contributed by atoms with Crippen molar-refractivity contribution in [3.8, 4) is 6.07 Å². The van der Waals surface area contributed by atoms with Gasteiger partial charge in [0.1, 0.15) is 16.0 Å². The van der Waals surface area contributed by atoms with Gasteiger partial charge in [0.15, 0.2) is 0 Å². The number of nitrogens with one attached hydrogen (secondary N) is 1. The lowest BCUT2D eigenvalue weighted by atomic mass is 10.3. The van der Waals surface area contributed by atoms with Crippen LogP contribution in [0.15, 0.2) is 20.9 Å². The van der Waals surface area contributed by atoms with Crippen LogP contribution in [0.5, 0.6) is 0 Å². The third-order valence-corrected chi connectivity index (χ3v) is 4.34. The summed E-state index contributed by atoms with van der Waals surface area (Å²) in [5, 5.41) is 15.4. The predicted molar refractivity (Wildman–Crippen MR) is 56.8 cm³/mol. The van der Waals surface area contributed by atoms with Gasteiger partial charge in [-0.1, -0.05) is 11.8 Å². The summed E-state index contributed by atoms with van der Waals surface area (Å²) >= 11 is 3.26. The molecule has 0 amide bonds. The smallest absolute Gasteiger partial charge is 0.109 e. The van der Waals surface area contributed by atoms with Crippen molar-refractivity contribution in [1.29, 1.82) is 5.26 Å². The lowest BCUT2D eigenvalue weighted by Crippen LogP contribution is -2.01. The maximum atomic E-state index is 8.85. The summed E-state index contributed by atoms with van der Waals surface area (Å²) in [4.78, 5) is 1.97. The van der Waals surface area contributed by atoms with Crippen molar-refractivity contribution >= 4 is 28.1 Å². The second kappa shape index (κ2) is 3.09. The van der Waals surface area contributed by atoms with Gasteiger partial charge in [-0.3, -0.25) is 0 Å². The highest BCUT2D eigenvalue weighted by molar-refractivity contribution is 8.03. The number of anilines is 1. The Kier molecular flexibility index (Phi) is 2.06. The molecule has 1 aliphatic heterocycles. The molecule has 13 heavy (non-hydrogen) atoms. The summed E-state index contributed by atoms with van der Waals surface area (Å²) in [5.74, 6) is 0. The van der Waals surface area contributed by atoms with Crippen molar-refractivity contribution in [3.63, 3.8) is 0 Å². The molecular weight excluding hydrogens is 200 g/mol. The van der Waals surface area contributed by atoms with Gasteiger partial charge >= 0.3 is 0 Å². The Balaban J connectivity index is 2.46. The van der Waals surface area contributed by atoms with E-state index in [9.17, 15) is 0 Å². The molecule has 2 heterocycles. The largest absolute Gasteiger partial charge is 0.348 e. The average molecular weight is 208 g/mol. The van der Waals surface area contributed by atoms with Gasteiger partial charge in [0.25, 0.3) is 0 Å². The first kappa shape index (κ1) is 8.67. The minimum absolute atomic E-state index is 0.772. The van der Waals surface area contributed by atoms with Gasteiger partial charge in [-0.15, -0.1) is 11.3 Å². The zero-order valence-electron chi connectivity index (χ0n) is 7.34. The number of nitriles is 1. The lowest BCUT2D eigenvalue weighted by molar-refractivity contribution is 1.29. The maximum Gasteiger partial charge on any atom is 0.109 e. The van der Waals surface area contributed by atoms with Crippen molar-refractivity contribution in [1.82, 2.24) is 0 Å². The predicted octanol–water partition coefficient (Wildman–Crippen LogP) is 3.33. The molecule has 0 radical (unpaired) electrons. The molecule has 0 atom stereocenters. The highest BCUT2D eigenvalue weighted by atomic mass is 32.2. The Morgan fingerprint density at radius 2 is 2.23 bits per heavy atom. The number of hydrogen-bond acceptors (Lipinski definition) is 4. The molecule has 1 aliphatic rings. The molecule has 0 bridgehead atoms. The van der Waals surface area contributed by atoms with Gasteiger partial charge in [0.2, 0.25) is 0 Å². The van der Waals surface area contributed by atoms with Crippen LogP contribution < -0.4 is 5.32 Å². The van der Waals surface area contributed by atoms with E-state index in [1.165, 1.54) is 15.5 Å². The zero-order chi connectivity index (χ0) is 9.42. The first-order valence-electron chi connectivity index (χ1n) is 3.86. The number of thioether (sulfide) groups is 1. The normalized spacial score (nSPS) is 14.8. The molecule has 0 saturated heterocycles. The van der Waals surface area contributed by atoms with E-state index >= 15 is 0 Å². The molecule has 0 aliphatic carbocycles. The van der Waals surface area contributed by atoms with Gasteiger partial charge in [0, 0.05) is 5.70 Å². The van der Waals surface area contributed by atoms with Crippen LogP contribution in [0.2, 0.25) is 0 Å². The SMILES string of the molecule is CC1=C(C#N)Sc2c(C)csc2N1. The van der Waals surface area contributed by atoms with Crippen LogP contribution in [0.3, 0.4) is 0 Å². The van der Waals surface area contributed by atoms with Crippen molar-refractivity contribution in [3.05, 3.63) is 21.5 Å². The molecule has 2 nitrogen and oxygen atoms in total. The van der Waals surface area contributed by atoms with Crippen LogP contribution in [0, 0.1) is 18.3 Å². The topological polar surface area (TPSA) is 35.8 Å². The van der Waals surface area contributed by atoms with Crippen LogP contribution in [0.25, 0.3) is 0 Å². The van der Waals surface area contributed by atoms with E-state index in [-0.39, 0.29) is 0 Å². The van der Waals surface area contributed by atoms with Gasteiger partial charge in [-0.2, -0.15) is 5.26 Å². The Morgan fingerprint density at radius 3 is 2.92 bits per heavy atom. The number of aryl methyl sites for hydroxylation is 1. The Morgan fingerprint density at radius 1 is 1.46 bits per heavy atom. The summed E-state index contributed by atoms with van der Waals surface area (Å²) in [5.41, 5.74) is 2.21. The summed E-state index contributed by atoms with van der Waals surface area (Å²) in [7, 11) is 0. The molecule has 0 saturated carbocycles. The van der Waals surface area contributed by atoms with Crippen LogP contribution >= 0.6 is 23.1 Å². The standard InChI is InChI=1S/C9H8N2S2/c1-5-4-12-9-8(5)13-7(3-10)6(2)11-9/h4,11H,1-2H3. The maximum absolute atomic E-state index is 8.85. The third-order valence-electron chi connectivity index (χ3n) is 1.87. The molecule has 1 N–H and O–H groups in total. The molecule has 0 spiro atoms. The fraction of sp³-hybridized carbons (Fsp3) is 0.222. The number of thiophene rings is 1. The van der Waals surface area contributed by atoms with E-state index in [2.05, 4.69) is 23.7 Å². The number of fused-ring (bicyclic) bond motifs is 1. The second-order valence-corrected chi connectivity index (χ2v) is 4.77. The van der Waals surface area contributed by atoms with E-state index in [1.807, 2.05) is 6.92 Å². The molecule has 0 unspecified atom stereocenters. The molecule has 0 fully saturated rings. The highest BCUT2D eigenvalue weighted by Crippen LogP contribution is 2.44. The summed E-state index contributed by atoms with van der Waals surface area (Å²) in [6.07, 6.45) is 0. The van der Waals surface area contributed by atoms with Crippen LogP contribution in [0.4, 0.5) is 5.00 Å². The van der Waals surface area contributed by atoms with Gasteiger partial charge < -0.3 is 5.32 Å². The second-order valence-electron chi connectivity index (χ2n) is 2.87. The summed E-state index contributed by atoms with van der Waals surface area (Å²) < 4.78 is 0. The average Bonchev–Trinajstić information content (AvgIpc) is 2.46. The van der Waals surface area contributed by atoms with Crippen molar-refractivity contribution < 1.29 is 0 Å². The minimum atomic E-state index is 0.772. The molecular formula is C9H8N2S2. The van der Waals surface area contributed by atoms with E-state index in [4.69, 9.17) is 5.26 Å². The van der Waals surface area contributed by atoms with Crippen LogP contribution in [-0.4, -0.2) is 0 Å². The monoisotopic (exact) mass is 208 g/mol. The number of hydrogen-bond donors (Lipinski definition) is 1. The van der Waals surface area contributed by atoms with Crippen LogP contribution in [0.1, 0.15) is 12.5 Å². The van der Waals surface area contributed by atoms with E-state index in [0.29, 0.717) is 0 Å². The molecule has 0 aromatic carbocycles. The molecule has 1 aromatic rings. The number of allylic oxidation sites excluding steroid dienone is 2. The third kappa shape index (κ3) is 1.34. The molecule has 66 valence electrons. The summed E-state index contributed by atoms with van der Waals surface area (Å²) in [6, 6.07) is 2.20. The van der Waals surface area contributed by atoms with E-state index in [0.717, 1.165) is 10.6 Å². The number of rotatable bonds is 0. The molecule has 2 rings (SSSR count). The van der Waals surface area contributed by atoms with Gasteiger partial charge in [-0.05, 0) is 24.8 Å². The first-order chi connectivity index (χ1) is 6.22. The lowest BCUT2D eigenvalue weighted by Gasteiger charge is -2.15. The number of nitrogens with zero attached hydrogens (tertiary/aromatic N) is 1. The Labute approximate surface area is 85.3 Å².